The van der Waals surface area contributed by atoms with Crippen molar-refractivity contribution in [3.8, 4) is 0 Å². The van der Waals surface area contributed by atoms with Gasteiger partial charge in [0.2, 0.25) is 0 Å². The van der Waals surface area contributed by atoms with Gasteiger partial charge in [-0.3, -0.25) is 4.79 Å². The molecule has 0 amide bonds. The molecule has 6 heteroatoms. The zero-order valence-electron chi connectivity index (χ0n) is 18.8. The smallest absolute Gasteiger partial charge is 0.303 e. The molecule has 30 heavy (non-hydrogen) atoms. The van der Waals surface area contributed by atoms with Crippen LogP contribution in [0.2, 0.25) is 0 Å². The van der Waals surface area contributed by atoms with Crippen LogP contribution in [0.15, 0.2) is 0 Å². The minimum absolute atomic E-state index is 0. The molecule has 0 bridgehead atoms. The average Bonchev–Trinajstić information content (AvgIpc) is 3.01. The molecule has 4 fully saturated rings. The highest BCUT2D eigenvalue weighted by Gasteiger charge is 2.65. The van der Waals surface area contributed by atoms with E-state index in [9.17, 15) is 20.1 Å². The molecule has 0 spiro atoms. The zero-order valence-corrected chi connectivity index (χ0v) is 18.8. The number of aliphatic hydroxyl groups is 3. The first-order valence-electron chi connectivity index (χ1n) is 11.8. The molecule has 4 aliphatic carbocycles. The SMILES string of the molecule is CC(CCC(=O)O)C1CCC2C3C(O)CC4CC(O)CCC4(C)C3CC(O)C12C.O. The third kappa shape index (κ3) is 3.52. The Morgan fingerprint density at radius 2 is 1.73 bits per heavy atom. The second-order valence-electron chi connectivity index (χ2n) is 11.4. The van der Waals surface area contributed by atoms with Gasteiger partial charge in [-0.2, -0.15) is 0 Å². The van der Waals surface area contributed by atoms with E-state index >= 15 is 0 Å². The van der Waals surface area contributed by atoms with E-state index in [4.69, 9.17) is 5.11 Å². The van der Waals surface area contributed by atoms with Crippen molar-refractivity contribution in [2.24, 2.45) is 46.3 Å². The van der Waals surface area contributed by atoms with Gasteiger partial charge in [0.15, 0.2) is 0 Å². The van der Waals surface area contributed by atoms with Gasteiger partial charge in [-0.1, -0.05) is 20.8 Å². The van der Waals surface area contributed by atoms with Crippen LogP contribution in [0.5, 0.6) is 0 Å². The maximum Gasteiger partial charge on any atom is 0.303 e. The van der Waals surface area contributed by atoms with Crippen LogP contribution in [0.25, 0.3) is 0 Å². The van der Waals surface area contributed by atoms with Gasteiger partial charge < -0.3 is 25.9 Å². The van der Waals surface area contributed by atoms with Crippen LogP contribution in [0.3, 0.4) is 0 Å². The highest BCUT2D eigenvalue weighted by Crippen LogP contribution is 2.68. The Hall–Kier alpha value is -0.690. The fourth-order valence-electron chi connectivity index (χ4n) is 8.68. The van der Waals surface area contributed by atoms with Gasteiger partial charge in [0.25, 0.3) is 0 Å². The van der Waals surface area contributed by atoms with Crippen molar-refractivity contribution in [1.29, 1.82) is 0 Å². The lowest BCUT2D eigenvalue weighted by atomic mass is 9.43. The van der Waals surface area contributed by atoms with E-state index in [1.165, 1.54) is 0 Å². The summed E-state index contributed by atoms with van der Waals surface area (Å²) in [7, 11) is 0. The standard InChI is InChI=1S/C24H40O5.H2O/c1-13(4-7-21(28)29)16-5-6-17-22-18(12-20(27)24(16,17)3)23(2)9-8-15(25)10-14(23)11-19(22)26;/h13-20,22,25-27H,4-12H2,1-3H3,(H,28,29);1H2. The topological polar surface area (TPSA) is 129 Å². The third-order valence-corrected chi connectivity index (χ3v) is 10.3. The Labute approximate surface area is 180 Å². The van der Waals surface area contributed by atoms with Gasteiger partial charge in [-0.25, -0.2) is 0 Å². The number of aliphatic carboxylic acids is 1. The van der Waals surface area contributed by atoms with Gasteiger partial charge in [-0.05, 0) is 97.7 Å². The fraction of sp³-hybridized carbons (Fsp3) is 0.958. The summed E-state index contributed by atoms with van der Waals surface area (Å²) in [5.41, 5.74) is -0.143. The second-order valence-corrected chi connectivity index (χ2v) is 11.4. The molecule has 4 rings (SSSR count). The molecule has 0 saturated heterocycles. The molecule has 0 aliphatic heterocycles. The second kappa shape index (κ2) is 8.34. The highest BCUT2D eigenvalue weighted by atomic mass is 16.4. The van der Waals surface area contributed by atoms with E-state index in [0.717, 1.165) is 44.9 Å². The van der Waals surface area contributed by atoms with Crippen LogP contribution in [0.1, 0.15) is 78.6 Å². The Morgan fingerprint density at radius 3 is 2.40 bits per heavy atom. The number of carbonyl (C=O) groups is 1. The number of carboxylic acids is 1. The van der Waals surface area contributed by atoms with Gasteiger partial charge in [0.1, 0.15) is 0 Å². The van der Waals surface area contributed by atoms with Crippen molar-refractivity contribution >= 4 is 5.97 Å². The van der Waals surface area contributed by atoms with Crippen LogP contribution >= 0.6 is 0 Å². The third-order valence-electron chi connectivity index (χ3n) is 10.3. The molecule has 0 aromatic heterocycles. The first-order chi connectivity index (χ1) is 13.6. The highest BCUT2D eigenvalue weighted by molar-refractivity contribution is 5.66. The molecule has 11 unspecified atom stereocenters. The van der Waals surface area contributed by atoms with E-state index < -0.39 is 12.1 Å². The lowest BCUT2D eigenvalue weighted by Crippen LogP contribution is -2.62. The first-order valence-corrected chi connectivity index (χ1v) is 11.8. The maximum absolute atomic E-state index is 11.5. The van der Waals surface area contributed by atoms with Gasteiger partial charge in [0, 0.05) is 6.42 Å². The fourth-order valence-corrected chi connectivity index (χ4v) is 8.68. The molecular weight excluding hydrogens is 384 g/mol. The summed E-state index contributed by atoms with van der Waals surface area (Å²) >= 11 is 0. The summed E-state index contributed by atoms with van der Waals surface area (Å²) in [6.07, 6.45) is 6.00. The van der Waals surface area contributed by atoms with Crippen LogP contribution in [-0.2, 0) is 4.79 Å². The quantitative estimate of drug-likeness (QED) is 0.549. The number of carboxylic acid groups (broad SMARTS) is 1. The number of hydrogen-bond donors (Lipinski definition) is 4. The Bertz CT molecular complexity index is 639. The zero-order chi connectivity index (χ0) is 21.1. The van der Waals surface area contributed by atoms with Crippen LogP contribution in [0.4, 0.5) is 0 Å². The van der Waals surface area contributed by atoms with Crippen molar-refractivity contribution in [1.82, 2.24) is 0 Å². The van der Waals surface area contributed by atoms with Gasteiger partial charge in [0.05, 0.1) is 18.3 Å². The summed E-state index contributed by atoms with van der Waals surface area (Å²) < 4.78 is 0. The predicted molar refractivity (Wildman–Crippen MR) is 114 cm³/mol. The lowest BCUT2D eigenvalue weighted by molar-refractivity contribution is -0.207. The monoisotopic (exact) mass is 426 g/mol. The molecule has 4 saturated carbocycles. The van der Waals surface area contributed by atoms with E-state index in [2.05, 4.69) is 20.8 Å². The van der Waals surface area contributed by atoms with Crippen molar-refractivity contribution < 1.29 is 30.7 Å². The molecule has 11 atom stereocenters. The van der Waals surface area contributed by atoms with Crippen molar-refractivity contribution in [2.75, 3.05) is 0 Å². The van der Waals surface area contributed by atoms with Crippen molar-refractivity contribution in [3.63, 3.8) is 0 Å². The summed E-state index contributed by atoms with van der Waals surface area (Å²) in [5.74, 6) is 0.997. The normalized spacial score (nSPS) is 51.1. The lowest BCUT2D eigenvalue weighted by Gasteiger charge is -2.63. The van der Waals surface area contributed by atoms with Crippen LogP contribution in [-0.4, -0.2) is 50.2 Å². The Morgan fingerprint density at radius 1 is 1.03 bits per heavy atom. The molecule has 0 aromatic rings. The van der Waals surface area contributed by atoms with Crippen LogP contribution in [0, 0.1) is 46.3 Å². The van der Waals surface area contributed by atoms with E-state index in [0.29, 0.717) is 30.1 Å². The van der Waals surface area contributed by atoms with E-state index in [1.54, 1.807) is 0 Å². The summed E-state index contributed by atoms with van der Waals surface area (Å²) in [6, 6.07) is 0. The number of aliphatic hydroxyl groups excluding tert-OH is 3. The molecule has 6 nitrogen and oxygen atoms in total. The number of rotatable bonds is 4. The maximum atomic E-state index is 11.5. The molecule has 0 aromatic carbocycles. The Balaban J connectivity index is 0.00000256. The molecule has 4 aliphatic rings. The molecule has 6 N–H and O–H groups in total. The Kier molecular flexibility index (Phi) is 6.66. The molecular formula is C24H42O6. The van der Waals surface area contributed by atoms with Gasteiger partial charge >= 0.3 is 5.97 Å². The first kappa shape index (κ1) is 24.0. The van der Waals surface area contributed by atoms with Gasteiger partial charge in [-0.15, -0.1) is 0 Å². The minimum atomic E-state index is -0.748. The number of hydrogen-bond acceptors (Lipinski definition) is 4. The predicted octanol–water partition coefficient (Wildman–Crippen LogP) is 2.62. The largest absolute Gasteiger partial charge is 0.481 e. The average molecular weight is 427 g/mol. The summed E-state index contributed by atoms with van der Waals surface area (Å²) in [6.45, 7) is 6.72. The minimum Gasteiger partial charge on any atom is -0.481 e. The van der Waals surface area contributed by atoms with Crippen molar-refractivity contribution in [2.45, 2.75) is 96.9 Å². The van der Waals surface area contributed by atoms with E-state index in [-0.39, 0.29) is 46.8 Å². The van der Waals surface area contributed by atoms with E-state index in [1.807, 2.05) is 0 Å². The molecule has 0 radical (unpaired) electrons. The number of fused-ring (bicyclic) bond motifs is 5. The summed E-state index contributed by atoms with van der Waals surface area (Å²) in [5, 5.41) is 42.0. The molecule has 174 valence electrons. The summed E-state index contributed by atoms with van der Waals surface area (Å²) in [4.78, 5) is 11.1. The van der Waals surface area contributed by atoms with Crippen LogP contribution < -0.4 is 0 Å². The molecule has 0 heterocycles. The van der Waals surface area contributed by atoms with Crippen molar-refractivity contribution in [3.05, 3.63) is 0 Å².